The summed E-state index contributed by atoms with van der Waals surface area (Å²) in [6.45, 7) is 3.56. The molecule has 1 aliphatic heterocycles. The Morgan fingerprint density at radius 3 is 2.18 bits per heavy atom. The molecule has 0 saturated carbocycles. The second-order valence-electron chi connectivity index (χ2n) is 7.92. The number of benzene rings is 3. The van der Waals surface area contributed by atoms with Crippen LogP contribution in [-0.4, -0.2) is 23.5 Å². The van der Waals surface area contributed by atoms with Crippen LogP contribution in [0.2, 0.25) is 0 Å². The Kier molecular flexibility index (Phi) is 5.60. The van der Waals surface area contributed by atoms with Crippen LogP contribution < -0.4 is 4.90 Å². The van der Waals surface area contributed by atoms with E-state index in [1.807, 2.05) is 86.6 Å². The van der Waals surface area contributed by atoms with E-state index in [1.165, 1.54) is 0 Å². The van der Waals surface area contributed by atoms with Crippen molar-refractivity contribution in [3.63, 3.8) is 0 Å². The zero-order valence-corrected chi connectivity index (χ0v) is 19.2. The number of amides is 1. The molecular formula is C27H22N2O3S. The number of aromatic nitrogens is 1. The van der Waals surface area contributed by atoms with Crippen LogP contribution >= 0.6 is 11.8 Å². The third-order valence-corrected chi connectivity index (χ3v) is 6.98. The van der Waals surface area contributed by atoms with E-state index in [1.54, 1.807) is 16.7 Å². The number of anilines is 2. The molecule has 0 spiro atoms. The third kappa shape index (κ3) is 3.98. The molecular weight excluding hydrogens is 432 g/mol. The van der Waals surface area contributed by atoms with Gasteiger partial charge in [0.05, 0.1) is 23.3 Å². The summed E-state index contributed by atoms with van der Waals surface area (Å²) in [6.07, 6.45) is 0.0752. The van der Waals surface area contributed by atoms with E-state index in [9.17, 15) is 9.59 Å². The molecule has 1 amide bonds. The summed E-state index contributed by atoms with van der Waals surface area (Å²) in [7, 11) is 0. The molecule has 1 aromatic heterocycles. The lowest BCUT2D eigenvalue weighted by Crippen LogP contribution is -2.32. The minimum Gasteiger partial charge on any atom is -0.455 e. The zero-order valence-electron chi connectivity index (χ0n) is 18.4. The normalized spacial score (nSPS) is 12.2. The number of fused-ring (bicyclic) bond motifs is 3. The molecule has 33 heavy (non-hydrogen) atoms. The van der Waals surface area contributed by atoms with Gasteiger partial charge in [0.25, 0.3) is 5.91 Å². The molecule has 5 nitrogen and oxygen atoms in total. The molecule has 2 heterocycles. The van der Waals surface area contributed by atoms with Gasteiger partial charge in [0, 0.05) is 20.9 Å². The van der Waals surface area contributed by atoms with E-state index in [0.717, 1.165) is 48.9 Å². The summed E-state index contributed by atoms with van der Waals surface area (Å²) in [6, 6.07) is 23.4. The van der Waals surface area contributed by atoms with Gasteiger partial charge in [-0.05, 0) is 55.3 Å². The van der Waals surface area contributed by atoms with E-state index in [0.29, 0.717) is 0 Å². The van der Waals surface area contributed by atoms with Crippen LogP contribution in [0, 0.1) is 13.8 Å². The Morgan fingerprint density at radius 2 is 1.48 bits per heavy atom. The number of ether oxygens (including phenoxy) is 1. The van der Waals surface area contributed by atoms with Gasteiger partial charge in [-0.2, -0.15) is 0 Å². The summed E-state index contributed by atoms with van der Waals surface area (Å²) < 4.78 is 5.45. The number of para-hydroxylation sites is 3. The maximum atomic E-state index is 13.2. The number of nitrogens with zero attached hydrogens (tertiary/aromatic N) is 2. The van der Waals surface area contributed by atoms with Crippen LogP contribution in [-0.2, 0) is 20.7 Å². The van der Waals surface area contributed by atoms with E-state index >= 15 is 0 Å². The molecule has 0 atom stereocenters. The third-order valence-electron chi connectivity index (χ3n) is 5.84. The molecule has 6 heteroatoms. The number of rotatable bonds is 4. The molecule has 0 aliphatic carbocycles. The van der Waals surface area contributed by atoms with Crippen LogP contribution in [0.5, 0.6) is 0 Å². The average Bonchev–Trinajstić information content (AvgIpc) is 2.83. The van der Waals surface area contributed by atoms with Crippen molar-refractivity contribution in [1.82, 2.24) is 4.98 Å². The quantitative estimate of drug-likeness (QED) is 0.367. The predicted octanol–water partition coefficient (Wildman–Crippen LogP) is 5.77. The Balaban J connectivity index is 1.34. The zero-order chi connectivity index (χ0) is 22.9. The van der Waals surface area contributed by atoms with Gasteiger partial charge in [-0.1, -0.05) is 54.2 Å². The second-order valence-corrected chi connectivity index (χ2v) is 9.01. The SMILES string of the molecule is Cc1nc2ccccc2c(C)c1CC(=O)OCC(=O)N1c2ccccc2Sc2ccccc21. The number of carbonyl (C=O) groups excluding carboxylic acids is 2. The van der Waals surface area contributed by atoms with Crippen LogP contribution in [0.1, 0.15) is 16.8 Å². The smallest absolute Gasteiger partial charge is 0.310 e. The van der Waals surface area contributed by atoms with Crippen molar-refractivity contribution >= 4 is 45.9 Å². The van der Waals surface area contributed by atoms with Gasteiger partial charge >= 0.3 is 5.97 Å². The van der Waals surface area contributed by atoms with Crippen molar-refractivity contribution in [3.05, 3.63) is 89.6 Å². The largest absolute Gasteiger partial charge is 0.455 e. The van der Waals surface area contributed by atoms with Gasteiger partial charge < -0.3 is 4.74 Å². The monoisotopic (exact) mass is 454 g/mol. The van der Waals surface area contributed by atoms with Gasteiger partial charge in [0.15, 0.2) is 6.61 Å². The fourth-order valence-electron chi connectivity index (χ4n) is 4.21. The Morgan fingerprint density at radius 1 is 0.879 bits per heavy atom. The highest BCUT2D eigenvalue weighted by Crippen LogP contribution is 2.47. The van der Waals surface area contributed by atoms with E-state index in [2.05, 4.69) is 4.98 Å². The molecule has 0 fully saturated rings. The molecule has 0 unspecified atom stereocenters. The molecule has 0 saturated heterocycles. The first-order valence-electron chi connectivity index (χ1n) is 10.7. The minimum absolute atomic E-state index is 0.0752. The van der Waals surface area contributed by atoms with Gasteiger partial charge in [-0.3, -0.25) is 19.5 Å². The molecule has 0 bridgehead atoms. The fourth-order valence-corrected chi connectivity index (χ4v) is 5.26. The summed E-state index contributed by atoms with van der Waals surface area (Å²) in [5.41, 5.74) is 5.15. The number of esters is 1. The van der Waals surface area contributed by atoms with Crippen molar-refractivity contribution < 1.29 is 14.3 Å². The van der Waals surface area contributed by atoms with Crippen molar-refractivity contribution in [2.75, 3.05) is 11.5 Å². The van der Waals surface area contributed by atoms with Crippen LogP contribution in [0.4, 0.5) is 11.4 Å². The Labute approximate surface area is 196 Å². The number of carbonyl (C=O) groups is 2. The number of hydrogen-bond acceptors (Lipinski definition) is 5. The molecule has 3 aromatic carbocycles. The molecule has 164 valence electrons. The first kappa shape index (κ1) is 21.2. The van der Waals surface area contributed by atoms with Crippen LogP contribution in [0.25, 0.3) is 10.9 Å². The molecule has 1 aliphatic rings. The number of hydrogen-bond donors (Lipinski definition) is 0. The van der Waals surface area contributed by atoms with Gasteiger partial charge in [-0.25, -0.2) is 0 Å². The van der Waals surface area contributed by atoms with E-state index < -0.39 is 5.97 Å². The van der Waals surface area contributed by atoms with Crippen molar-refractivity contribution in [3.8, 4) is 0 Å². The molecule has 0 N–H and O–H groups in total. The van der Waals surface area contributed by atoms with E-state index in [4.69, 9.17) is 4.74 Å². The number of pyridine rings is 1. The fraction of sp³-hybridized carbons (Fsp3) is 0.148. The lowest BCUT2D eigenvalue weighted by molar-refractivity contribution is -0.147. The topological polar surface area (TPSA) is 59.5 Å². The first-order valence-corrected chi connectivity index (χ1v) is 11.5. The van der Waals surface area contributed by atoms with E-state index in [-0.39, 0.29) is 18.9 Å². The summed E-state index contributed by atoms with van der Waals surface area (Å²) in [5.74, 6) is -0.729. The summed E-state index contributed by atoms with van der Waals surface area (Å²) >= 11 is 1.63. The lowest BCUT2D eigenvalue weighted by Gasteiger charge is -2.30. The van der Waals surface area contributed by atoms with Gasteiger partial charge in [0.1, 0.15) is 0 Å². The Hall–Kier alpha value is -3.64. The van der Waals surface area contributed by atoms with Crippen LogP contribution in [0.3, 0.4) is 0 Å². The molecule has 5 rings (SSSR count). The maximum absolute atomic E-state index is 13.2. The highest BCUT2D eigenvalue weighted by molar-refractivity contribution is 7.99. The highest BCUT2D eigenvalue weighted by atomic mass is 32.2. The predicted molar refractivity (Wildman–Crippen MR) is 130 cm³/mol. The second kappa shape index (κ2) is 8.71. The van der Waals surface area contributed by atoms with Crippen molar-refractivity contribution in [2.24, 2.45) is 0 Å². The molecule has 0 radical (unpaired) electrons. The highest BCUT2D eigenvalue weighted by Gasteiger charge is 2.28. The first-order chi connectivity index (χ1) is 16.0. The lowest BCUT2D eigenvalue weighted by atomic mass is 10.00. The van der Waals surface area contributed by atoms with Crippen LogP contribution in [0.15, 0.2) is 82.6 Å². The Bertz CT molecular complexity index is 1350. The van der Waals surface area contributed by atoms with Crippen molar-refractivity contribution in [2.45, 2.75) is 30.1 Å². The molecule has 4 aromatic rings. The van der Waals surface area contributed by atoms with Gasteiger partial charge in [0.2, 0.25) is 0 Å². The number of aryl methyl sites for hydroxylation is 2. The standard InChI is InChI=1S/C27H22N2O3S/c1-17-19-9-3-4-10-21(19)28-18(2)20(17)15-27(31)32-16-26(30)29-22-11-5-7-13-24(22)33-25-14-8-6-12-23(25)29/h3-14H,15-16H2,1-2H3. The summed E-state index contributed by atoms with van der Waals surface area (Å²) in [5, 5.41) is 1.01. The van der Waals surface area contributed by atoms with Gasteiger partial charge in [-0.15, -0.1) is 0 Å². The maximum Gasteiger partial charge on any atom is 0.310 e. The minimum atomic E-state index is -0.445. The summed E-state index contributed by atoms with van der Waals surface area (Å²) in [4.78, 5) is 34.2. The van der Waals surface area contributed by atoms with Crippen molar-refractivity contribution in [1.29, 1.82) is 0 Å². The average molecular weight is 455 g/mol.